The van der Waals surface area contributed by atoms with Crippen molar-refractivity contribution in [1.82, 2.24) is 0 Å². The maximum Gasteiger partial charge on any atom is 0.347 e. The Morgan fingerprint density at radius 2 is 1.75 bits per heavy atom. The van der Waals surface area contributed by atoms with Crippen LogP contribution in [0.25, 0.3) is 0 Å². The van der Waals surface area contributed by atoms with E-state index in [1.54, 1.807) is 55.6 Å². The van der Waals surface area contributed by atoms with Gasteiger partial charge in [-0.15, -0.1) is 0 Å². The molecule has 0 aliphatic carbocycles. The number of Topliss-reactive ketones (excluding diaryl/α,β-unsaturated/α-hetero) is 1. The molecule has 0 heterocycles. The number of hydrogen-bond acceptors (Lipinski definition) is 7. The highest BCUT2D eigenvalue weighted by Gasteiger charge is 2.12. The first kappa shape index (κ1) is 20.6. The fraction of sp³-hybridized carbons (Fsp3) is 0.200. The Morgan fingerprint density at radius 3 is 2.43 bits per heavy atom. The summed E-state index contributed by atoms with van der Waals surface area (Å²) in [6.07, 6.45) is 1.43. The Hall–Kier alpha value is -3.68. The molecule has 0 saturated heterocycles. The number of esters is 1. The quantitative estimate of drug-likeness (QED) is 0.308. The molecule has 0 radical (unpaired) electrons. The zero-order valence-electron chi connectivity index (χ0n) is 15.5. The molecule has 2 rings (SSSR count). The first-order valence-corrected chi connectivity index (χ1v) is 8.34. The molecule has 0 aromatic heterocycles. The Labute approximate surface area is 162 Å². The minimum absolute atomic E-state index is 0.184. The molecule has 2 aromatic rings. The van der Waals surface area contributed by atoms with Crippen LogP contribution in [0.3, 0.4) is 0 Å². The molecule has 1 N–H and O–H groups in total. The number of nitrogens with one attached hydrogen (secondary N) is 1. The summed E-state index contributed by atoms with van der Waals surface area (Å²) in [6.45, 7) is 0.454. The minimum Gasteiger partial charge on any atom is -0.497 e. The fourth-order valence-corrected chi connectivity index (χ4v) is 2.15. The normalized spacial score (nSPS) is 10.4. The lowest BCUT2D eigenvalue weighted by Crippen LogP contribution is -2.23. The smallest absolute Gasteiger partial charge is 0.347 e. The number of benzene rings is 2. The first-order valence-electron chi connectivity index (χ1n) is 8.34. The number of nitrogens with zero attached hydrogens (tertiary/aromatic N) is 1. The van der Waals surface area contributed by atoms with Crippen LogP contribution in [0.1, 0.15) is 22.8 Å². The van der Waals surface area contributed by atoms with Crippen molar-refractivity contribution in [3.05, 3.63) is 59.7 Å². The van der Waals surface area contributed by atoms with Gasteiger partial charge in [-0.1, -0.05) is 17.3 Å². The number of ether oxygens (including phenoxy) is 2. The monoisotopic (exact) mass is 384 g/mol. The summed E-state index contributed by atoms with van der Waals surface area (Å²) in [7, 11) is 1.57. The average Bonchev–Trinajstić information content (AvgIpc) is 2.70. The maximum atomic E-state index is 11.9. The van der Waals surface area contributed by atoms with Crippen molar-refractivity contribution in [3.63, 3.8) is 0 Å². The van der Waals surface area contributed by atoms with Gasteiger partial charge >= 0.3 is 5.97 Å². The van der Waals surface area contributed by atoms with E-state index in [4.69, 9.17) is 14.3 Å². The van der Waals surface area contributed by atoms with Gasteiger partial charge in [-0.3, -0.25) is 9.59 Å². The molecule has 8 heteroatoms. The predicted molar refractivity (Wildman–Crippen MR) is 103 cm³/mol. The van der Waals surface area contributed by atoms with Crippen LogP contribution in [-0.2, 0) is 19.2 Å². The molecule has 1 amide bonds. The molecule has 0 aliphatic rings. The van der Waals surface area contributed by atoms with Crippen molar-refractivity contribution in [2.24, 2.45) is 5.16 Å². The molecular formula is C20H20N2O6. The van der Waals surface area contributed by atoms with Gasteiger partial charge in [-0.25, -0.2) is 4.79 Å². The van der Waals surface area contributed by atoms with Crippen LogP contribution in [0.15, 0.2) is 53.7 Å². The van der Waals surface area contributed by atoms with Gasteiger partial charge < -0.3 is 19.6 Å². The number of para-hydroxylation sites is 1. The van der Waals surface area contributed by atoms with Gasteiger partial charge in [0.2, 0.25) is 6.61 Å². The van der Waals surface area contributed by atoms with E-state index in [1.165, 1.54) is 13.1 Å². The van der Waals surface area contributed by atoms with E-state index in [0.29, 0.717) is 17.0 Å². The Balaban J connectivity index is 1.72. The van der Waals surface area contributed by atoms with Crippen molar-refractivity contribution < 1.29 is 28.7 Å². The average molecular weight is 384 g/mol. The van der Waals surface area contributed by atoms with Crippen molar-refractivity contribution in [1.29, 1.82) is 0 Å². The molecule has 0 aliphatic heterocycles. The van der Waals surface area contributed by atoms with Gasteiger partial charge in [0.25, 0.3) is 5.91 Å². The molecule has 0 bridgehead atoms. The number of oxime groups is 1. The largest absolute Gasteiger partial charge is 0.497 e. The van der Waals surface area contributed by atoms with Crippen LogP contribution in [-0.4, -0.2) is 44.2 Å². The first-order chi connectivity index (χ1) is 13.5. The molecular weight excluding hydrogens is 364 g/mol. The number of ketones is 1. The predicted octanol–water partition coefficient (Wildman–Crippen LogP) is 2.43. The highest BCUT2D eigenvalue weighted by Crippen LogP contribution is 2.15. The maximum absolute atomic E-state index is 11.9. The van der Waals surface area contributed by atoms with Crippen molar-refractivity contribution >= 4 is 29.6 Å². The number of amides is 1. The summed E-state index contributed by atoms with van der Waals surface area (Å²) in [5.41, 5.74) is 1.49. The van der Waals surface area contributed by atoms with Crippen LogP contribution in [0.5, 0.6) is 5.75 Å². The van der Waals surface area contributed by atoms with Crippen molar-refractivity contribution in [2.45, 2.75) is 6.92 Å². The molecule has 0 unspecified atom stereocenters. The van der Waals surface area contributed by atoms with Gasteiger partial charge in [-0.2, -0.15) is 0 Å². The van der Waals surface area contributed by atoms with Crippen LogP contribution in [0.2, 0.25) is 0 Å². The van der Waals surface area contributed by atoms with Crippen molar-refractivity contribution in [2.75, 3.05) is 25.6 Å². The lowest BCUT2D eigenvalue weighted by Gasteiger charge is -2.09. The summed E-state index contributed by atoms with van der Waals surface area (Å²) in [5.74, 6) is -0.785. The van der Waals surface area contributed by atoms with Gasteiger partial charge in [0.05, 0.1) is 19.0 Å². The van der Waals surface area contributed by atoms with E-state index < -0.39 is 25.1 Å². The van der Waals surface area contributed by atoms with E-state index >= 15 is 0 Å². The standard InChI is InChI=1S/C20H20N2O6/c1-14(23)17-5-3-4-6-18(17)22-19(24)12-27-20(25)13-28-21-11-15-7-9-16(26-2)10-8-15/h3-11H,12-13H2,1-2H3,(H,22,24)/b21-11-. The lowest BCUT2D eigenvalue weighted by atomic mass is 10.1. The second kappa shape index (κ2) is 10.5. The molecule has 0 fully saturated rings. The second-order valence-electron chi connectivity index (χ2n) is 5.59. The van der Waals surface area contributed by atoms with Crippen LogP contribution in [0, 0.1) is 0 Å². The minimum atomic E-state index is -0.748. The van der Waals surface area contributed by atoms with Crippen LogP contribution < -0.4 is 10.1 Å². The third-order valence-corrected chi connectivity index (χ3v) is 3.52. The zero-order chi connectivity index (χ0) is 20.4. The number of rotatable bonds is 9. The number of hydrogen-bond donors (Lipinski definition) is 1. The third kappa shape index (κ3) is 6.56. The second-order valence-corrected chi connectivity index (χ2v) is 5.59. The Morgan fingerprint density at radius 1 is 1.04 bits per heavy atom. The Kier molecular flexibility index (Phi) is 7.71. The van der Waals surface area contributed by atoms with E-state index in [1.807, 2.05) is 0 Å². The zero-order valence-corrected chi connectivity index (χ0v) is 15.5. The summed E-state index contributed by atoms with van der Waals surface area (Å²) >= 11 is 0. The molecule has 28 heavy (non-hydrogen) atoms. The lowest BCUT2D eigenvalue weighted by molar-refractivity contribution is -0.151. The number of carbonyl (C=O) groups is 3. The molecule has 8 nitrogen and oxygen atoms in total. The highest BCUT2D eigenvalue weighted by atomic mass is 16.7. The van der Waals surface area contributed by atoms with E-state index in [2.05, 4.69) is 10.5 Å². The van der Waals surface area contributed by atoms with Gasteiger partial charge in [0.1, 0.15) is 5.75 Å². The van der Waals surface area contributed by atoms with E-state index in [9.17, 15) is 14.4 Å². The molecule has 0 spiro atoms. The number of carbonyl (C=O) groups excluding carboxylic acids is 3. The van der Waals surface area contributed by atoms with Gasteiger partial charge in [0.15, 0.2) is 12.4 Å². The third-order valence-electron chi connectivity index (χ3n) is 3.52. The van der Waals surface area contributed by atoms with Gasteiger partial charge in [0, 0.05) is 5.56 Å². The SMILES string of the molecule is COc1ccc(/C=N\OCC(=O)OCC(=O)Nc2ccccc2C(C)=O)cc1. The van der Waals surface area contributed by atoms with Crippen molar-refractivity contribution in [3.8, 4) is 5.75 Å². The summed E-state index contributed by atoms with van der Waals surface area (Å²) < 4.78 is 9.85. The summed E-state index contributed by atoms with van der Waals surface area (Å²) in [5, 5.41) is 6.19. The molecule has 0 atom stereocenters. The summed E-state index contributed by atoms with van der Waals surface area (Å²) in [4.78, 5) is 39.8. The van der Waals surface area contributed by atoms with Crippen LogP contribution >= 0.6 is 0 Å². The molecule has 0 saturated carbocycles. The highest BCUT2D eigenvalue weighted by molar-refractivity contribution is 6.04. The summed E-state index contributed by atoms with van der Waals surface area (Å²) in [6, 6.07) is 13.6. The fourth-order valence-electron chi connectivity index (χ4n) is 2.15. The molecule has 2 aromatic carbocycles. The number of methoxy groups -OCH3 is 1. The van der Waals surface area contributed by atoms with Gasteiger partial charge in [-0.05, 0) is 48.9 Å². The Bertz CT molecular complexity index is 861. The molecule has 146 valence electrons. The van der Waals surface area contributed by atoms with E-state index in [-0.39, 0.29) is 5.78 Å². The number of anilines is 1. The van der Waals surface area contributed by atoms with E-state index in [0.717, 1.165) is 5.56 Å². The van der Waals surface area contributed by atoms with Crippen LogP contribution in [0.4, 0.5) is 5.69 Å². The topological polar surface area (TPSA) is 103 Å².